The zero-order chi connectivity index (χ0) is 14.0. The monoisotopic (exact) mass is 269 g/mol. The van der Waals surface area contributed by atoms with Gasteiger partial charge < -0.3 is 0 Å². The number of hydrogen-bond donors (Lipinski definition) is 0. The van der Waals surface area contributed by atoms with Crippen LogP contribution in [-0.2, 0) is 11.2 Å². The summed E-state index contributed by atoms with van der Waals surface area (Å²) in [5, 5.41) is 2.48. The molecular formula is C19H11NO. The van der Waals surface area contributed by atoms with Crippen molar-refractivity contribution in [2.45, 2.75) is 6.42 Å². The van der Waals surface area contributed by atoms with E-state index in [1.54, 1.807) is 6.08 Å². The second-order valence-electron chi connectivity index (χ2n) is 5.66. The van der Waals surface area contributed by atoms with Crippen molar-refractivity contribution in [1.29, 1.82) is 0 Å². The summed E-state index contributed by atoms with van der Waals surface area (Å²) in [4.78, 5) is 15.8. The highest BCUT2D eigenvalue weighted by atomic mass is 16.1. The molecule has 0 aromatic heterocycles. The Hall–Kier alpha value is -2.74. The lowest BCUT2D eigenvalue weighted by molar-refractivity contribution is -0.114. The fourth-order valence-corrected chi connectivity index (χ4v) is 3.49. The first-order valence-electron chi connectivity index (χ1n) is 7.06. The largest absolute Gasteiger partial charge is 0.294 e. The van der Waals surface area contributed by atoms with E-state index in [4.69, 9.17) is 0 Å². The molecule has 0 unspecified atom stereocenters. The maximum absolute atomic E-state index is 11.6. The quantitative estimate of drug-likeness (QED) is 0.715. The molecule has 2 aromatic rings. The maximum atomic E-state index is 11.6. The molecule has 1 heterocycles. The van der Waals surface area contributed by atoms with Gasteiger partial charge in [-0.2, -0.15) is 0 Å². The van der Waals surface area contributed by atoms with Crippen molar-refractivity contribution in [3.8, 4) is 0 Å². The molecule has 0 radical (unpaired) electrons. The summed E-state index contributed by atoms with van der Waals surface area (Å²) >= 11 is 0. The molecule has 3 aliphatic rings. The number of benzene rings is 2. The SMILES string of the molecule is O=C1C=Cc2c(ccc3c4c(ccc23)C2=CN=CC2=C4)C1. The molecule has 0 atom stereocenters. The molecule has 0 spiro atoms. The lowest BCUT2D eigenvalue weighted by atomic mass is 9.89. The van der Waals surface area contributed by atoms with Gasteiger partial charge in [-0.05, 0) is 45.2 Å². The minimum absolute atomic E-state index is 0.182. The van der Waals surface area contributed by atoms with Crippen LogP contribution < -0.4 is 0 Å². The van der Waals surface area contributed by atoms with Crippen LogP contribution in [0.5, 0.6) is 0 Å². The highest BCUT2D eigenvalue weighted by Gasteiger charge is 2.23. The molecule has 98 valence electrons. The van der Waals surface area contributed by atoms with Gasteiger partial charge in [0.15, 0.2) is 5.78 Å². The molecule has 5 rings (SSSR count). The lowest BCUT2D eigenvalue weighted by Gasteiger charge is -2.14. The summed E-state index contributed by atoms with van der Waals surface area (Å²) in [6.45, 7) is 0. The Morgan fingerprint density at radius 1 is 0.952 bits per heavy atom. The molecule has 2 aliphatic carbocycles. The second-order valence-corrected chi connectivity index (χ2v) is 5.66. The summed E-state index contributed by atoms with van der Waals surface area (Å²) < 4.78 is 0. The van der Waals surface area contributed by atoms with Crippen molar-refractivity contribution in [3.05, 3.63) is 64.4 Å². The summed E-state index contributed by atoms with van der Waals surface area (Å²) in [5.74, 6) is 0.182. The van der Waals surface area contributed by atoms with Gasteiger partial charge >= 0.3 is 0 Å². The predicted octanol–water partition coefficient (Wildman–Crippen LogP) is 3.80. The Morgan fingerprint density at radius 2 is 1.81 bits per heavy atom. The van der Waals surface area contributed by atoms with Crippen molar-refractivity contribution < 1.29 is 4.79 Å². The molecule has 0 N–H and O–H groups in total. The van der Waals surface area contributed by atoms with Gasteiger partial charge in [0.25, 0.3) is 0 Å². The number of nitrogens with zero attached hydrogens (tertiary/aromatic N) is 1. The molecule has 1 aliphatic heterocycles. The summed E-state index contributed by atoms with van der Waals surface area (Å²) in [5.41, 5.74) is 7.25. The molecule has 0 saturated carbocycles. The van der Waals surface area contributed by atoms with E-state index in [0.29, 0.717) is 6.42 Å². The van der Waals surface area contributed by atoms with Gasteiger partial charge in [-0.1, -0.05) is 30.3 Å². The van der Waals surface area contributed by atoms with Crippen LogP contribution in [0.25, 0.3) is 28.5 Å². The number of rotatable bonds is 0. The summed E-state index contributed by atoms with van der Waals surface area (Å²) in [6.07, 6.45) is 10.2. The average molecular weight is 269 g/mol. The first-order chi connectivity index (χ1) is 10.3. The van der Waals surface area contributed by atoms with E-state index in [1.807, 2.05) is 18.5 Å². The number of hydrogen-bond acceptors (Lipinski definition) is 2. The van der Waals surface area contributed by atoms with Gasteiger partial charge in [-0.3, -0.25) is 9.79 Å². The first-order valence-corrected chi connectivity index (χ1v) is 7.06. The van der Waals surface area contributed by atoms with Crippen molar-refractivity contribution in [2.24, 2.45) is 4.99 Å². The fourth-order valence-electron chi connectivity index (χ4n) is 3.49. The highest BCUT2D eigenvalue weighted by Crippen LogP contribution is 2.41. The van der Waals surface area contributed by atoms with Crippen LogP contribution in [0.1, 0.15) is 22.3 Å². The molecule has 0 fully saturated rings. The number of fused-ring (bicyclic) bond motifs is 7. The van der Waals surface area contributed by atoms with Crippen LogP contribution >= 0.6 is 0 Å². The Bertz CT molecular complexity index is 971. The van der Waals surface area contributed by atoms with Crippen molar-refractivity contribution in [1.82, 2.24) is 0 Å². The zero-order valence-corrected chi connectivity index (χ0v) is 11.3. The normalized spacial score (nSPS) is 17.6. The predicted molar refractivity (Wildman–Crippen MR) is 86.1 cm³/mol. The number of aliphatic imine (C=N–C) groups is 1. The van der Waals surface area contributed by atoms with E-state index < -0.39 is 0 Å². The Kier molecular flexibility index (Phi) is 1.92. The van der Waals surface area contributed by atoms with Crippen LogP contribution in [0.3, 0.4) is 0 Å². The highest BCUT2D eigenvalue weighted by molar-refractivity contribution is 6.18. The zero-order valence-electron chi connectivity index (χ0n) is 11.3. The topological polar surface area (TPSA) is 29.4 Å². The van der Waals surface area contributed by atoms with E-state index in [1.165, 1.54) is 38.6 Å². The fraction of sp³-hybridized carbons (Fsp3) is 0.0526. The number of carbonyl (C=O) groups is 1. The lowest BCUT2D eigenvalue weighted by Crippen LogP contribution is -2.05. The van der Waals surface area contributed by atoms with Crippen molar-refractivity contribution in [3.63, 3.8) is 0 Å². The number of ketones is 1. The van der Waals surface area contributed by atoms with Crippen LogP contribution in [0.15, 0.2) is 47.1 Å². The molecule has 2 nitrogen and oxygen atoms in total. The average Bonchev–Trinajstić information content (AvgIpc) is 3.07. The second kappa shape index (κ2) is 3.67. The van der Waals surface area contributed by atoms with E-state index >= 15 is 0 Å². The van der Waals surface area contributed by atoms with Gasteiger partial charge in [0.1, 0.15) is 0 Å². The maximum Gasteiger partial charge on any atom is 0.160 e. The third-order valence-corrected chi connectivity index (χ3v) is 4.49. The van der Waals surface area contributed by atoms with Gasteiger partial charge in [0, 0.05) is 30.0 Å². The third kappa shape index (κ3) is 1.37. The van der Waals surface area contributed by atoms with Crippen LogP contribution in [-0.4, -0.2) is 12.0 Å². The van der Waals surface area contributed by atoms with Crippen molar-refractivity contribution in [2.75, 3.05) is 0 Å². The molecular weight excluding hydrogens is 258 g/mol. The van der Waals surface area contributed by atoms with Crippen LogP contribution in [0, 0.1) is 0 Å². The van der Waals surface area contributed by atoms with Crippen LogP contribution in [0.4, 0.5) is 0 Å². The smallest absolute Gasteiger partial charge is 0.160 e. The van der Waals surface area contributed by atoms with Crippen LogP contribution in [0.2, 0.25) is 0 Å². The summed E-state index contributed by atoms with van der Waals surface area (Å²) in [7, 11) is 0. The standard InChI is InChI=1S/C19H11NO/c21-13-2-4-14-11(7-13)1-3-16-15(14)5-6-17-18(16)8-12-9-20-10-19(12)17/h1-6,8-10H,7H2. The molecule has 2 heteroatoms. The molecule has 21 heavy (non-hydrogen) atoms. The number of carbonyl (C=O) groups excluding carboxylic acids is 1. The van der Waals surface area contributed by atoms with E-state index in [0.717, 1.165) is 5.56 Å². The Balaban J connectivity index is 1.85. The van der Waals surface area contributed by atoms with Gasteiger partial charge in [0.2, 0.25) is 0 Å². The third-order valence-electron chi connectivity index (χ3n) is 4.49. The van der Waals surface area contributed by atoms with Gasteiger partial charge in [-0.25, -0.2) is 0 Å². The van der Waals surface area contributed by atoms with E-state index in [2.05, 4.69) is 35.3 Å². The minimum Gasteiger partial charge on any atom is -0.294 e. The summed E-state index contributed by atoms with van der Waals surface area (Å²) in [6, 6.07) is 8.58. The van der Waals surface area contributed by atoms with Gasteiger partial charge in [0.05, 0.1) is 0 Å². The molecule has 0 amide bonds. The molecule has 0 saturated heterocycles. The first kappa shape index (κ1) is 11.0. The Morgan fingerprint density at radius 3 is 2.76 bits per heavy atom. The van der Waals surface area contributed by atoms with E-state index in [-0.39, 0.29) is 5.78 Å². The molecule has 2 aromatic carbocycles. The van der Waals surface area contributed by atoms with Gasteiger partial charge in [-0.15, -0.1) is 0 Å². The molecule has 0 bridgehead atoms. The number of allylic oxidation sites excluding steroid dienone is 3. The minimum atomic E-state index is 0.182. The van der Waals surface area contributed by atoms with Crippen molar-refractivity contribution >= 4 is 40.5 Å². The van der Waals surface area contributed by atoms with E-state index in [9.17, 15) is 4.79 Å². The Labute approximate surface area is 121 Å².